The molecule has 10 heteroatoms. The number of thiophene rings is 1. The first-order valence-electron chi connectivity index (χ1n) is 16.9. The molecule has 1 aliphatic heterocycles. The van der Waals surface area contributed by atoms with Crippen LogP contribution in [-0.2, 0) is 21.4 Å². The maximum Gasteiger partial charge on any atom is 0.308 e. The second kappa shape index (κ2) is 15.7. The van der Waals surface area contributed by atoms with Gasteiger partial charge in [-0.3, -0.25) is 19.2 Å². The van der Waals surface area contributed by atoms with Crippen molar-refractivity contribution in [2.45, 2.75) is 77.7 Å². The molecule has 5 rings (SSSR count). The molecular formula is C39H44N4O5S. The highest BCUT2D eigenvalue weighted by molar-refractivity contribution is 7.14. The molecule has 49 heavy (non-hydrogen) atoms. The number of aliphatic carboxylic acids is 1. The Morgan fingerprint density at radius 1 is 0.918 bits per heavy atom. The second-order valence-electron chi connectivity index (χ2n) is 13.7. The molecule has 0 saturated carbocycles. The Kier molecular flexibility index (Phi) is 11.4. The highest BCUT2D eigenvalue weighted by Crippen LogP contribution is 2.30. The van der Waals surface area contributed by atoms with Crippen LogP contribution < -0.4 is 5.32 Å². The molecule has 2 aromatic heterocycles. The van der Waals surface area contributed by atoms with Crippen molar-refractivity contribution in [2.75, 3.05) is 13.1 Å². The molecule has 1 aliphatic rings. The molecule has 0 bridgehead atoms. The fourth-order valence-corrected chi connectivity index (χ4v) is 6.82. The zero-order valence-corrected chi connectivity index (χ0v) is 29.4. The molecule has 2 aromatic carbocycles. The Bertz CT molecular complexity index is 1780. The maximum absolute atomic E-state index is 13.7. The molecule has 9 nitrogen and oxygen atoms in total. The molecule has 2 N–H and O–H groups in total. The van der Waals surface area contributed by atoms with Crippen LogP contribution in [0.2, 0.25) is 0 Å². The molecule has 2 amide bonds. The van der Waals surface area contributed by atoms with E-state index in [1.54, 1.807) is 23.4 Å². The number of nitrogens with one attached hydrogen (secondary N) is 1. The third kappa shape index (κ3) is 9.06. The molecular weight excluding hydrogens is 637 g/mol. The number of hydrogen-bond acceptors (Lipinski definition) is 7. The van der Waals surface area contributed by atoms with Crippen molar-refractivity contribution < 1.29 is 24.3 Å². The molecule has 4 aromatic rings. The van der Waals surface area contributed by atoms with Crippen LogP contribution in [0.15, 0.2) is 73.1 Å². The maximum atomic E-state index is 13.7. The Labute approximate surface area is 291 Å². The molecule has 0 spiro atoms. The summed E-state index contributed by atoms with van der Waals surface area (Å²) in [5.74, 6) is -1.44. The monoisotopic (exact) mass is 680 g/mol. The minimum absolute atomic E-state index is 0.105. The van der Waals surface area contributed by atoms with Gasteiger partial charge in [0.2, 0.25) is 5.91 Å². The fraction of sp³-hybridized carbons (Fsp3) is 0.385. The van der Waals surface area contributed by atoms with Crippen LogP contribution in [0.1, 0.15) is 90.3 Å². The van der Waals surface area contributed by atoms with E-state index in [1.807, 2.05) is 54.6 Å². The van der Waals surface area contributed by atoms with Gasteiger partial charge in [0.1, 0.15) is 6.04 Å². The predicted molar refractivity (Wildman–Crippen MR) is 192 cm³/mol. The molecule has 0 radical (unpaired) electrons. The third-order valence-electron chi connectivity index (χ3n) is 8.87. The lowest BCUT2D eigenvalue weighted by Gasteiger charge is -2.24. The van der Waals surface area contributed by atoms with Crippen molar-refractivity contribution in [3.05, 3.63) is 93.9 Å². The summed E-state index contributed by atoms with van der Waals surface area (Å²) in [6.45, 7) is 8.84. The number of carboxylic acid groups (broad SMARTS) is 1. The van der Waals surface area contributed by atoms with E-state index in [0.717, 1.165) is 46.4 Å². The summed E-state index contributed by atoms with van der Waals surface area (Å²) >= 11 is 1.41. The number of carbonyl (C=O) groups excluding carboxylic acids is 3. The van der Waals surface area contributed by atoms with Crippen LogP contribution in [0.4, 0.5) is 0 Å². The smallest absolute Gasteiger partial charge is 0.308 e. The van der Waals surface area contributed by atoms with Gasteiger partial charge in [0, 0.05) is 59.9 Å². The van der Waals surface area contributed by atoms with Gasteiger partial charge < -0.3 is 15.3 Å². The van der Waals surface area contributed by atoms with Gasteiger partial charge in [0.25, 0.3) is 5.91 Å². The Balaban J connectivity index is 1.27. The van der Waals surface area contributed by atoms with Crippen LogP contribution in [-0.4, -0.2) is 62.7 Å². The number of amides is 2. The number of hydrogen-bond donors (Lipinski definition) is 2. The number of benzene rings is 2. The molecule has 3 heterocycles. The lowest BCUT2D eigenvalue weighted by atomic mass is 9.95. The van der Waals surface area contributed by atoms with Gasteiger partial charge in [-0.2, -0.15) is 0 Å². The number of ketones is 1. The van der Waals surface area contributed by atoms with E-state index in [-0.39, 0.29) is 36.0 Å². The van der Waals surface area contributed by atoms with Gasteiger partial charge in [-0.1, -0.05) is 89.1 Å². The first kappa shape index (κ1) is 35.6. The van der Waals surface area contributed by atoms with Gasteiger partial charge in [-0.05, 0) is 41.5 Å². The summed E-state index contributed by atoms with van der Waals surface area (Å²) in [6, 6.07) is 18.0. The van der Waals surface area contributed by atoms with Crippen molar-refractivity contribution in [3.63, 3.8) is 0 Å². The van der Waals surface area contributed by atoms with Gasteiger partial charge in [-0.25, -0.2) is 9.97 Å². The molecule has 1 fully saturated rings. The first-order chi connectivity index (χ1) is 23.4. The normalized spacial score (nSPS) is 15.2. The summed E-state index contributed by atoms with van der Waals surface area (Å²) in [7, 11) is 0. The number of aromatic nitrogens is 2. The van der Waals surface area contributed by atoms with E-state index < -0.39 is 17.9 Å². The van der Waals surface area contributed by atoms with Gasteiger partial charge in [0.15, 0.2) is 11.6 Å². The number of likely N-dealkylation sites (tertiary alicyclic amines) is 1. The Hall–Kier alpha value is -4.70. The summed E-state index contributed by atoms with van der Waals surface area (Å²) in [4.78, 5) is 63.3. The fourth-order valence-electron chi connectivity index (χ4n) is 5.86. The van der Waals surface area contributed by atoms with E-state index in [0.29, 0.717) is 35.7 Å². The Morgan fingerprint density at radius 3 is 2.18 bits per heavy atom. The average molecular weight is 681 g/mol. The summed E-state index contributed by atoms with van der Waals surface area (Å²) in [6.07, 6.45) is 7.76. The highest BCUT2D eigenvalue weighted by Gasteiger charge is 2.35. The van der Waals surface area contributed by atoms with Gasteiger partial charge >= 0.3 is 5.97 Å². The van der Waals surface area contributed by atoms with Crippen LogP contribution in [0, 0.1) is 5.92 Å². The van der Waals surface area contributed by atoms with Crippen LogP contribution in [0.3, 0.4) is 0 Å². The number of carbonyl (C=O) groups is 4. The standard InChI is InChI=1S/C39H44N4O5S/c1-5-6-7-8-32(44)27-15-13-26(14-16-27)30-22-40-35(41-23-30)28-11-9-25(10-12-28)21-31(37(46)43-20-19-29(24-43)38(47)48)42-36(45)33-17-18-34(49-33)39(2,3)4/h9-18,22-23,29,31H,5-8,19-21,24H2,1-4H3,(H,42,45)(H,47,48)/t29-,31-/m0/s1. The van der Waals surface area contributed by atoms with Crippen molar-refractivity contribution in [1.29, 1.82) is 0 Å². The molecule has 0 aliphatic carbocycles. The predicted octanol–water partition coefficient (Wildman–Crippen LogP) is 7.21. The topological polar surface area (TPSA) is 130 Å². The summed E-state index contributed by atoms with van der Waals surface area (Å²) in [5, 5.41) is 12.4. The molecule has 1 saturated heterocycles. The lowest BCUT2D eigenvalue weighted by molar-refractivity contribution is -0.141. The highest BCUT2D eigenvalue weighted by atomic mass is 32.1. The molecule has 256 valence electrons. The lowest BCUT2D eigenvalue weighted by Crippen LogP contribution is -2.49. The second-order valence-corrected chi connectivity index (χ2v) is 14.8. The van der Waals surface area contributed by atoms with Crippen molar-refractivity contribution in [1.82, 2.24) is 20.2 Å². The number of nitrogens with zero attached hydrogens (tertiary/aromatic N) is 3. The number of rotatable bonds is 13. The minimum Gasteiger partial charge on any atom is -0.481 e. The number of carboxylic acids is 1. The average Bonchev–Trinajstić information content (AvgIpc) is 3.80. The first-order valence-corrected chi connectivity index (χ1v) is 17.7. The number of Topliss-reactive ketones (excluding diaryl/α,β-unsaturated/α-hetero) is 1. The summed E-state index contributed by atoms with van der Waals surface area (Å²) in [5.41, 5.74) is 4.01. The van der Waals surface area contributed by atoms with E-state index in [1.165, 1.54) is 11.3 Å². The van der Waals surface area contributed by atoms with Gasteiger partial charge in [-0.15, -0.1) is 11.3 Å². The zero-order chi connectivity index (χ0) is 35.1. The number of unbranched alkanes of at least 4 members (excludes halogenated alkanes) is 2. The largest absolute Gasteiger partial charge is 0.481 e. The van der Waals surface area contributed by atoms with Crippen molar-refractivity contribution >= 4 is 34.9 Å². The summed E-state index contributed by atoms with van der Waals surface area (Å²) < 4.78 is 0. The van der Waals surface area contributed by atoms with Crippen LogP contribution in [0.25, 0.3) is 22.5 Å². The van der Waals surface area contributed by atoms with E-state index in [9.17, 15) is 24.3 Å². The Morgan fingerprint density at radius 2 is 1.59 bits per heavy atom. The zero-order valence-electron chi connectivity index (χ0n) is 28.6. The molecule has 0 unspecified atom stereocenters. The quantitative estimate of drug-likeness (QED) is 0.113. The van der Waals surface area contributed by atoms with Crippen molar-refractivity contribution in [2.24, 2.45) is 5.92 Å². The SMILES string of the molecule is CCCCCC(=O)c1ccc(-c2cnc(-c3ccc(C[C@H](NC(=O)c4ccc(C(C)(C)C)s4)C(=O)N4CC[C@H](C(=O)O)C4)cc3)nc2)cc1. The van der Waals surface area contributed by atoms with Crippen LogP contribution in [0.5, 0.6) is 0 Å². The molecule has 2 atom stereocenters. The third-order valence-corrected chi connectivity index (χ3v) is 10.4. The van der Waals surface area contributed by atoms with Crippen LogP contribution >= 0.6 is 11.3 Å². The van der Waals surface area contributed by atoms with Gasteiger partial charge in [0.05, 0.1) is 10.8 Å². The minimum atomic E-state index is -0.919. The van der Waals surface area contributed by atoms with Crippen molar-refractivity contribution in [3.8, 4) is 22.5 Å². The van der Waals surface area contributed by atoms with E-state index >= 15 is 0 Å². The van der Waals surface area contributed by atoms with E-state index in [2.05, 4.69) is 43.0 Å². The van der Waals surface area contributed by atoms with E-state index in [4.69, 9.17) is 0 Å².